The summed E-state index contributed by atoms with van der Waals surface area (Å²) in [5.41, 5.74) is 2.18. The predicted octanol–water partition coefficient (Wildman–Crippen LogP) is 2.35. The van der Waals surface area contributed by atoms with Crippen molar-refractivity contribution in [1.29, 1.82) is 0 Å². The number of carbonyl (C=O) groups is 1. The average molecular weight is 291 g/mol. The van der Waals surface area contributed by atoms with Gasteiger partial charge in [-0.2, -0.15) is 0 Å². The summed E-state index contributed by atoms with van der Waals surface area (Å²) in [5.74, 6) is 0.772. The van der Waals surface area contributed by atoms with Crippen LogP contribution < -0.4 is 10.1 Å². The van der Waals surface area contributed by atoms with E-state index in [4.69, 9.17) is 4.74 Å². The van der Waals surface area contributed by atoms with E-state index in [-0.39, 0.29) is 23.5 Å². The summed E-state index contributed by atoms with van der Waals surface area (Å²) in [6.07, 6.45) is 0.640. The molecule has 2 atom stereocenters. The normalized spacial score (nSPS) is 23.3. The highest BCUT2D eigenvalue weighted by molar-refractivity contribution is 5.76. The van der Waals surface area contributed by atoms with Gasteiger partial charge in [-0.25, -0.2) is 0 Å². The van der Waals surface area contributed by atoms with Crippen LogP contribution in [0.25, 0.3) is 0 Å². The maximum Gasteiger partial charge on any atom is 0.223 e. The molecule has 1 saturated carbocycles. The molecule has 21 heavy (non-hydrogen) atoms. The van der Waals surface area contributed by atoms with Crippen LogP contribution in [0.3, 0.4) is 0 Å². The van der Waals surface area contributed by atoms with Crippen molar-refractivity contribution < 1.29 is 14.6 Å². The lowest BCUT2D eigenvalue weighted by atomic mass is 9.64. The second kappa shape index (κ2) is 6.06. The van der Waals surface area contributed by atoms with E-state index in [9.17, 15) is 9.90 Å². The number of carbonyl (C=O) groups excluding carboxylic acids is 1. The van der Waals surface area contributed by atoms with E-state index in [1.54, 1.807) is 0 Å². The van der Waals surface area contributed by atoms with Crippen molar-refractivity contribution in [2.24, 2.45) is 5.41 Å². The smallest absolute Gasteiger partial charge is 0.223 e. The lowest BCUT2D eigenvalue weighted by Gasteiger charge is -2.49. The second-order valence-electron chi connectivity index (χ2n) is 6.54. The van der Waals surface area contributed by atoms with Crippen molar-refractivity contribution in [2.45, 2.75) is 52.7 Å². The standard InChI is InChI=1S/C17H25NO3/c1-11-5-6-13(9-12(11)2)21-8-7-16(20)18-14-10-15(19)17(14,3)4/h5-6,9,14-15,19H,7-8,10H2,1-4H3,(H,18,20). The SMILES string of the molecule is Cc1ccc(OCCC(=O)NC2CC(O)C2(C)C)cc1C. The predicted molar refractivity (Wildman–Crippen MR) is 82.4 cm³/mol. The van der Waals surface area contributed by atoms with E-state index in [1.807, 2.05) is 39.0 Å². The topological polar surface area (TPSA) is 58.6 Å². The summed E-state index contributed by atoms with van der Waals surface area (Å²) in [7, 11) is 0. The molecule has 1 aromatic rings. The number of amides is 1. The summed E-state index contributed by atoms with van der Waals surface area (Å²) >= 11 is 0. The molecule has 0 spiro atoms. The zero-order valence-corrected chi connectivity index (χ0v) is 13.3. The van der Waals surface area contributed by atoms with E-state index in [0.29, 0.717) is 19.4 Å². The quantitative estimate of drug-likeness (QED) is 0.875. The molecule has 0 radical (unpaired) electrons. The van der Waals surface area contributed by atoms with Crippen molar-refractivity contribution in [2.75, 3.05) is 6.61 Å². The summed E-state index contributed by atoms with van der Waals surface area (Å²) in [6, 6.07) is 5.98. The molecule has 116 valence electrons. The molecule has 4 nitrogen and oxygen atoms in total. The molecule has 0 saturated heterocycles. The molecule has 1 aromatic carbocycles. The molecule has 2 unspecified atom stereocenters. The Hall–Kier alpha value is -1.55. The third-order valence-electron chi connectivity index (χ3n) is 4.63. The fourth-order valence-electron chi connectivity index (χ4n) is 2.48. The van der Waals surface area contributed by atoms with Gasteiger partial charge in [-0.15, -0.1) is 0 Å². The van der Waals surface area contributed by atoms with Gasteiger partial charge in [0, 0.05) is 11.5 Å². The van der Waals surface area contributed by atoms with Gasteiger partial charge in [0.25, 0.3) is 0 Å². The molecule has 1 aliphatic rings. The number of rotatable bonds is 5. The number of aliphatic hydroxyl groups is 1. The number of aryl methyl sites for hydroxylation is 2. The third-order valence-corrected chi connectivity index (χ3v) is 4.63. The highest BCUT2D eigenvalue weighted by Crippen LogP contribution is 2.40. The number of nitrogens with one attached hydrogen (secondary N) is 1. The molecule has 1 aliphatic carbocycles. The maximum absolute atomic E-state index is 11.9. The maximum atomic E-state index is 11.9. The zero-order valence-electron chi connectivity index (χ0n) is 13.3. The van der Waals surface area contributed by atoms with E-state index in [0.717, 1.165) is 5.75 Å². The average Bonchev–Trinajstić information content (AvgIpc) is 2.42. The van der Waals surface area contributed by atoms with Gasteiger partial charge in [-0.3, -0.25) is 4.79 Å². The Morgan fingerprint density at radius 1 is 1.38 bits per heavy atom. The van der Waals surface area contributed by atoms with E-state index < -0.39 is 0 Å². The van der Waals surface area contributed by atoms with Crippen molar-refractivity contribution in [3.63, 3.8) is 0 Å². The minimum atomic E-state index is -0.324. The first-order valence-corrected chi connectivity index (χ1v) is 7.48. The molecular weight excluding hydrogens is 266 g/mol. The van der Waals surface area contributed by atoms with Crippen LogP contribution in [0.15, 0.2) is 18.2 Å². The van der Waals surface area contributed by atoms with Crippen LogP contribution in [0.5, 0.6) is 5.75 Å². The fourth-order valence-corrected chi connectivity index (χ4v) is 2.48. The van der Waals surface area contributed by atoms with Gasteiger partial charge in [0.1, 0.15) is 5.75 Å². The minimum absolute atomic E-state index is 0.0243. The van der Waals surface area contributed by atoms with Crippen LogP contribution >= 0.6 is 0 Å². The van der Waals surface area contributed by atoms with Gasteiger partial charge >= 0.3 is 0 Å². The van der Waals surface area contributed by atoms with Crippen LogP contribution in [0.2, 0.25) is 0 Å². The van der Waals surface area contributed by atoms with Crippen molar-refractivity contribution >= 4 is 5.91 Å². The molecule has 0 bridgehead atoms. The first-order chi connectivity index (χ1) is 9.80. The third kappa shape index (κ3) is 3.56. The lowest BCUT2D eigenvalue weighted by molar-refractivity contribution is -0.129. The molecule has 1 fully saturated rings. The number of aliphatic hydroxyl groups excluding tert-OH is 1. The van der Waals surface area contributed by atoms with Crippen LogP contribution in [0.4, 0.5) is 0 Å². The Morgan fingerprint density at radius 3 is 2.67 bits per heavy atom. The van der Waals surface area contributed by atoms with Crippen molar-refractivity contribution in [3.8, 4) is 5.75 Å². The Kier molecular flexibility index (Phi) is 4.57. The van der Waals surface area contributed by atoms with Crippen LogP contribution in [0.1, 0.15) is 37.8 Å². The van der Waals surface area contributed by atoms with Crippen LogP contribution in [-0.4, -0.2) is 29.8 Å². The molecule has 4 heteroatoms. The Morgan fingerprint density at radius 2 is 2.10 bits per heavy atom. The largest absolute Gasteiger partial charge is 0.493 e. The van der Waals surface area contributed by atoms with Crippen LogP contribution in [0, 0.1) is 19.3 Å². The fraction of sp³-hybridized carbons (Fsp3) is 0.588. The van der Waals surface area contributed by atoms with Gasteiger partial charge < -0.3 is 15.2 Å². The van der Waals surface area contributed by atoms with E-state index in [1.165, 1.54) is 11.1 Å². The summed E-state index contributed by atoms with van der Waals surface area (Å²) < 4.78 is 5.61. The minimum Gasteiger partial charge on any atom is -0.493 e. The summed E-state index contributed by atoms with van der Waals surface area (Å²) in [5, 5.41) is 12.6. The molecule has 0 aromatic heterocycles. The van der Waals surface area contributed by atoms with Crippen molar-refractivity contribution in [1.82, 2.24) is 5.32 Å². The number of hydrogen-bond donors (Lipinski definition) is 2. The Bertz CT molecular complexity index is 525. The van der Waals surface area contributed by atoms with E-state index >= 15 is 0 Å². The van der Waals surface area contributed by atoms with Crippen molar-refractivity contribution in [3.05, 3.63) is 29.3 Å². The van der Waals surface area contributed by atoms with Crippen LogP contribution in [-0.2, 0) is 4.79 Å². The van der Waals surface area contributed by atoms with Gasteiger partial charge in [0.15, 0.2) is 0 Å². The monoisotopic (exact) mass is 291 g/mol. The van der Waals surface area contributed by atoms with Gasteiger partial charge in [0.2, 0.25) is 5.91 Å². The molecular formula is C17H25NO3. The second-order valence-corrected chi connectivity index (χ2v) is 6.54. The highest BCUT2D eigenvalue weighted by Gasteiger charge is 2.47. The zero-order chi connectivity index (χ0) is 15.6. The van der Waals surface area contributed by atoms with Gasteiger partial charge in [-0.1, -0.05) is 19.9 Å². The van der Waals surface area contributed by atoms with Gasteiger partial charge in [-0.05, 0) is 43.5 Å². The summed E-state index contributed by atoms with van der Waals surface area (Å²) in [6.45, 7) is 8.40. The highest BCUT2D eigenvalue weighted by atomic mass is 16.5. The summed E-state index contributed by atoms with van der Waals surface area (Å²) in [4.78, 5) is 11.9. The first kappa shape index (κ1) is 15.8. The number of hydrogen-bond acceptors (Lipinski definition) is 3. The molecule has 1 amide bonds. The number of benzene rings is 1. The molecule has 0 aliphatic heterocycles. The molecule has 0 heterocycles. The molecule has 2 N–H and O–H groups in total. The Balaban J connectivity index is 1.73. The number of ether oxygens (including phenoxy) is 1. The molecule has 2 rings (SSSR count). The lowest BCUT2D eigenvalue weighted by Crippen LogP contribution is -2.61. The first-order valence-electron chi connectivity index (χ1n) is 7.48. The Labute approximate surface area is 126 Å². The van der Waals surface area contributed by atoms with Gasteiger partial charge in [0.05, 0.1) is 19.1 Å². The van der Waals surface area contributed by atoms with E-state index in [2.05, 4.69) is 12.2 Å².